The Kier molecular flexibility index (Phi) is 5.37. The average Bonchev–Trinajstić information content (AvgIpc) is 3.12. The monoisotopic (exact) mass is 445 g/mol. The number of H-pyrrole nitrogens is 1. The van der Waals surface area contributed by atoms with Crippen LogP contribution in [0.4, 0.5) is 5.69 Å². The topological polar surface area (TPSA) is 67.0 Å². The Labute approximate surface area is 181 Å². The fraction of sp³-hybridized carbons (Fsp3) is 0.0476. The van der Waals surface area contributed by atoms with Crippen molar-refractivity contribution in [2.24, 2.45) is 0 Å². The van der Waals surface area contributed by atoms with E-state index in [2.05, 4.69) is 15.3 Å². The third-order valence-corrected chi connectivity index (χ3v) is 5.31. The molecule has 0 aliphatic rings. The molecule has 0 aliphatic carbocycles. The molecule has 0 fully saturated rings. The highest BCUT2D eigenvalue weighted by atomic mass is 35.5. The molecule has 0 aliphatic heterocycles. The molecule has 2 N–H and O–H groups in total. The van der Waals surface area contributed by atoms with Crippen molar-refractivity contribution in [3.8, 4) is 17.1 Å². The van der Waals surface area contributed by atoms with Gasteiger partial charge in [0, 0.05) is 22.3 Å². The van der Waals surface area contributed by atoms with Crippen LogP contribution in [0, 0.1) is 0 Å². The zero-order valence-electron chi connectivity index (χ0n) is 15.1. The molecule has 1 heterocycles. The fourth-order valence-corrected chi connectivity index (χ4v) is 3.38. The SMILES string of the molecule is COc1cc(NC(=O)c2ccc(Cl)c(Cl)c2)ccc1-c1nc2ccc(Cl)cc2[nH]1. The number of hydrogen-bond acceptors (Lipinski definition) is 3. The number of methoxy groups -OCH3 is 1. The van der Waals surface area contributed by atoms with E-state index in [1.165, 1.54) is 6.07 Å². The summed E-state index contributed by atoms with van der Waals surface area (Å²) < 4.78 is 5.51. The highest BCUT2D eigenvalue weighted by molar-refractivity contribution is 6.42. The van der Waals surface area contributed by atoms with Gasteiger partial charge < -0.3 is 15.0 Å². The van der Waals surface area contributed by atoms with Crippen LogP contribution in [-0.2, 0) is 0 Å². The number of amides is 1. The quantitative estimate of drug-likeness (QED) is 0.378. The highest BCUT2D eigenvalue weighted by Gasteiger charge is 2.14. The van der Waals surface area contributed by atoms with E-state index < -0.39 is 0 Å². The van der Waals surface area contributed by atoms with Crippen molar-refractivity contribution in [3.63, 3.8) is 0 Å². The van der Waals surface area contributed by atoms with Gasteiger partial charge in [-0.15, -0.1) is 0 Å². The standard InChI is InChI=1S/C21H14Cl3N3O2/c1-29-19-10-13(25-21(28)11-2-6-15(23)16(24)8-11)4-5-14(19)20-26-17-7-3-12(22)9-18(17)27-20/h2-10H,1H3,(H,25,28)(H,26,27). The molecule has 0 bridgehead atoms. The lowest BCUT2D eigenvalue weighted by Crippen LogP contribution is -2.12. The van der Waals surface area contributed by atoms with Gasteiger partial charge in [0.2, 0.25) is 0 Å². The first-order valence-electron chi connectivity index (χ1n) is 8.54. The zero-order chi connectivity index (χ0) is 20.5. The van der Waals surface area contributed by atoms with Crippen LogP contribution in [0.5, 0.6) is 5.75 Å². The van der Waals surface area contributed by atoms with E-state index in [0.717, 1.165) is 16.6 Å². The molecule has 4 aromatic rings. The minimum Gasteiger partial charge on any atom is -0.496 e. The van der Waals surface area contributed by atoms with Crippen molar-refractivity contribution in [2.75, 3.05) is 12.4 Å². The van der Waals surface area contributed by atoms with E-state index in [1.807, 2.05) is 18.2 Å². The molecular weight excluding hydrogens is 433 g/mol. The zero-order valence-corrected chi connectivity index (χ0v) is 17.4. The van der Waals surface area contributed by atoms with Crippen molar-refractivity contribution in [1.29, 1.82) is 0 Å². The number of imidazole rings is 1. The second-order valence-electron chi connectivity index (χ2n) is 6.24. The van der Waals surface area contributed by atoms with Crippen LogP contribution in [0.15, 0.2) is 54.6 Å². The number of aromatic amines is 1. The first-order chi connectivity index (χ1) is 13.9. The Hall–Kier alpha value is -2.73. The summed E-state index contributed by atoms with van der Waals surface area (Å²) >= 11 is 17.9. The molecule has 1 amide bonds. The predicted octanol–water partition coefficient (Wildman–Crippen LogP) is 6.45. The van der Waals surface area contributed by atoms with Gasteiger partial charge in [0.15, 0.2) is 0 Å². The fourth-order valence-electron chi connectivity index (χ4n) is 2.91. The van der Waals surface area contributed by atoms with Crippen molar-refractivity contribution >= 4 is 57.4 Å². The number of aromatic nitrogens is 2. The molecule has 4 rings (SSSR count). The van der Waals surface area contributed by atoms with Gasteiger partial charge >= 0.3 is 0 Å². The third kappa shape index (κ3) is 4.03. The molecule has 0 unspecified atom stereocenters. The van der Waals surface area contributed by atoms with Crippen molar-refractivity contribution in [2.45, 2.75) is 0 Å². The molecule has 3 aromatic carbocycles. The van der Waals surface area contributed by atoms with Crippen LogP contribution in [0.2, 0.25) is 15.1 Å². The van der Waals surface area contributed by atoms with Gasteiger partial charge in [0.25, 0.3) is 5.91 Å². The van der Waals surface area contributed by atoms with Gasteiger partial charge in [-0.3, -0.25) is 4.79 Å². The Morgan fingerprint density at radius 1 is 1.00 bits per heavy atom. The number of ether oxygens (including phenoxy) is 1. The minimum atomic E-state index is -0.309. The molecule has 29 heavy (non-hydrogen) atoms. The lowest BCUT2D eigenvalue weighted by molar-refractivity contribution is 0.102. The lowest BCUT2D eigenvalue weighted by atomic mass is 10.1. The normalized spacial score (nSPS) is 10.9. The number of fused-ring (bicyclic) bond motifs is 1. The molecule has 0 saturated carbocycles. The smallest absolute Gasteiger partial charge is 0.255 e. The maximum absolute atomic E-state index is 12.5. The van der Waals surface area contributed by atoms with Crippen LogP contribution in [0.1, 0.15) is 10.4 Å². The first kappa shape index (κ1) is 19.6. The average molecular weight is 447 g/mol. The number of hydrogen-bond donors (Lipinski definition) is 2. The summed E-state index contributed by atoms with van der Waals surface area (Å²) in [7, 11) is 1.56. The second kappa shape index (κ2) is 7.95. The van der Waals surface area contributed by atoms with Crippen LogP contribution in [0.3, 0.4) is 0 Å². The second-order valence-corrected chi connectivity index (χ2v) is 7.50. The largest absolute Gasteiger partial charge is 0.496 e. The summed E-state index contributed by atoms with van der Waals surface area (Å²) in [5, 5.41) is 4.16. The minimum absolute atomic E-state index is 0.309. The maximum Gasteiger partial charge on any atom is 0.255 e. The summed E-state index contributed by atoms with van der Waals surface area (Å²) in [6.07, 6.45) is 0. The predicted molar refractivity (Wildman–Crippen MR) is 118 cm³/mol. The molecule has 0 spiro atoms. The number of anilines is 1. The van der Waals surface area contributed by atoms with E-state index in [-0.39, 0.29) is 5.91 Å². The van der Waals surface area contributed by atoms with Crippen molar-refractivity contribution in [1.82, 2.24) is 9.97 Å². The highest BCUT2D eigenvalue weighted by Crippen LogP contribution is 2.33. The maximum atomic E-state index is 12.5. The van der Waals surface area contributed by atoms with E-state index >= 15 is 0 Å². The summed E-state index contributed by atoms with van der Waals surface area (Å²) in [6.45, 7) is 0. The van der Waals surface area contributed by atoms with Crippen molar-refractivity contribution in [3.05, 3.63) is 75.2 Å². The molecule has 0 radical (unpaired) electrons. The van der Waals surface area contributed by atoms with Gasteiger partial charge in [-0.1, -0.05) is 34.8 Å². The number of carbonyl (C=O) groups excluding carboxylic acids is 1. The Bertz CT molecular complexity index is 1240. The molecule has 146 valence electrons. The number of carbonyl (C=O) groups is 1. The molecule has 8 heteroatoms. The Morgan fingerprint density at radius 3 is 2.59 bits per heavy atom. The molecular formula is C21H14Cl3N3O2. The van der Waals surface area contributed by atoms with E-state index in [0.29, 0.717) is 37.9 Å². The van der Waals surface area contributed by atoms with Crippen LogP contribution < -0.4 is 10.1 Å². The molecule has 5 nitrogen and oxygen atoms in total. The summed E-state index contributed by atoms with van der Waals surface area (Å²) in [4.78, 5) is 20.3. The molecule has 0 atom stereocenters. The summed E-state index contributed by atoms with van der Waals surface area (Å²) in [6, 6.07) is 15.5. The number of benzene rings is 3. The number of nitrogens with one attached hydrogen (secondary N) is 2. The summed E-state index contributed by atoms with van der Waals surface area (Å²) in [5.41, 5.74) is 3.35. The van der Waals surface area contributed by atoms with Gasteiger partial charge in [-0.2, -0.15) is 0 Å². The van der Waals surface area contributed by atoms with E-state index in [9.17, 15) is 4.79 Å². The first-order valence-corrected chi connectivity index (χ1v) is 9.68. The molecule has 0 saturated heterocycles. The van der Waals surface area contributed by atoms with Gasteiger partial charge in [0.05, 0.1) is 33.8 Å². The Balaban J connectivity index is 1.63. The number of nitrogens with zero attached hydrogens (tertiary/aromatic N) is 1. The van der Waals surface area contributed by atoms with E-state index in [1.54, 1.807) is 37.4 Å². The van der Waals surface area contributed by atoms with Gasteiger partial charge in [0.1, 0.15) is 11.6 Å². The number of rotatable bonds is 4. The number of halogens is 3. The van der Waals surface area contributed by atoms with Gasteiger partial charge in [-0.25, -0.2) is 4.98 Å². The Morgan fingerprint density at radius 2 is 1.83 bits per heavy atom. The van der Waals surface area contributed by atoms with E-state index in [4.69, 9.17) is 39.5 Å². The van der Waals surface area contributed by atoms with Crippen LogP contribution in [0.25, 0.3) is 22.4 Å². The third-order valence-electron chi connectivity index (χ3n) is 4.34. The van der Waals surface area contributed by atoms with Crippen LogP contribution in [-0.4, -0.2) is 23.0 Å². The molecule has 1 aromatic heterocycles. The van der Waals surface area contributed by atoms with Crippen LogP contribution >= 0.6 is 34.8 Å². The van der Waals surface area contributed by atoms with Gasteiger partial charge in [-0.05, 0) is 48.5 Å². The van der Waals surface area contributed by atoms with Crippen molar-refractivity contribution < 1.29 is 9.53 Å². The summed E-state index contributed by atoms with van der Waals surface area (Å²) in [5.74, 6) is 0.889. The lowest BCUT2D eigenvalue weighted by Gasteiger charge is -2.11.